The molecule has 0 bridgehead atoms. The van der Waals surface area contributed by atoms with Gasteiger partial charge in [-0.3, -0.25) is 4.79 Å². The molecule has 1 amide bonds. The molecule has 2 atom stereocenters. The van der Waals surface area contributed by atoms with Crippen LogP contribution in [-0.2, 0) is 9.53 Å². The number of likely N-dealkylation sites (tertiary alicyclic amines) is 1. The normalized spacial score (nSPS) is 26.9. The average molecular weight is 327 g/mol. The van der Waals surface area contributed by atoms with E-state index in [4.69, 9.17) is 4.74 Å². The largest absolute Gasteiger partial charge is 0.444 e. The molecule has 1 spiro atoms. The number of rotatable bonds is 1. The maximum absolute atomic E-state index is 12.8. The zero-order chi connectivity index (χ0) is 17.4. The topological polar surface area (TPSA) is 46.6 Å². The summed E-state index contributed by atoms with van der Waals surface area (Å²) < 4.78 is 5.62. The van der Waals surface area contributed by atoms with Gasteiger partial charge in [0.05, 0.1) is 11.5 Å². The summed E-state index contributed by atoms with van der Waals surface area (Å²) in [5, 5.41) is 0. The van der Waals surface area contributed by atoms with E-state index in [1.165, 1.54) is 0 Å². The molecule has 1 aromatic carbocycles. The Bertz CT molecular complexity index is 659. The molecule has 0 N–H and O–H groups in total. The Morgan fingerprint density at radius 1 is 1.25 bits per heavy atom. The second kappa shape index (κ2) is 6.08. The number of ether oxygens (including phenoxy) is 1. The molecular weight excluding hydrogens is 302 g/mol. The van der Waals surface area contributed by atoms with Crippen LogP contribution in [0.4, 0.5) is 4.79 Å². The van der Waals surface area contributed by atoms with Crippen molar-refractivity contribution in [2.75, 3.05) is 6.54 Å². The van der Waals surface area contributed by atoms with Crippen molar-refractivity contribution in [1.82, 2.24) is 4.90 Å². The Morgan fingerprint density at radius 3 is 2.54 bits per heavy atom. The van der Waals surface area contributed by atoms with Crippen molar-refractivity contribution in [2.24, 2.45) is 5.41 Å². The predicted octanol–water partition coefficient (Wildman–Crippen LogP) is 4.27. The molecule has 128 valence electrons. The maximum Gasteiger partial charge on any atom is 0.410 e. The Balaban J connectivity index is 2.01. The fourth-order valence-electron chi connectivity index (χ4n) is 3.90. The van der Waals surface area contributed by atoms with Crippen molar-refractivity contribution in [3.8, 4) is 0 Å². The van der Waals surface area contributed by atoms with Crippen molar-refractivity contribution in [3.05, 3.63) is 48.0 Å². The molecule has 0 aromatic heterocycles. The fraction of sp³-hybridized carbons (Fsp3) is 0.500. The molecule has 4 nitrogen and oxygen atoms in total. The highest BCUT2D eigenvalue weighted by molar-refractivity contribution is 5.98. The second-order valence-corrected chi connectivity index (χ2v) is 7.72. The van der Waals surface area contributed by atoms with Gasteiger partial charge in [-0.15, -0.1) is 0 Å². The quantitative estimate of drug-likeness (QED) is 0.773. The summed E-state index contributed by atoms with van der Waals surface area (Å²) in [5.41, 5.74) is -0.0997. The molecule has 1 fully saturated rings. The number of piperidine rings is 1. The van der Waals surface area contributed by atoms with Crippen LogP contribution in [0.5, 0.6) is 0 Å². The van der Waals surface area contributed by atoms with Crippen LogP contribution in [0.2, 0.25) is 0 Å². The molecule has 0 saturated carbocycles. The van der Waals surface area contributed by atoms with Crippen molar-refractivity contribution in [2.45, 2.75) is 51.7 Å². The third-order valence-electron chi connectivity index (χ3n) is 4.84. The number of ketones is 1. The number of benzene rings is 1. The first-order valence-corrected chi connectivity index (χ1v) is 8.59. The van der Waals surface area contributed by atoms with Gasteiger partial charge < -0.3 is 9.64 Å². The number of allylic oxidation sites excluding steroid dienone is 2. The van der Waals surface area contributed by atoms with Crippen LogP contribution in [0.25, 0.3) is 0 Å². The molecule has 1 heterocycles. The van der Waals surface area contributed by atoms with E-state index in [0.717, 1.165) is 18.4 Å². The highest BCUT2D eigenvalue weighted by atomic mass is 16.6. The lowest BCUT2D eigenvalue weighted by atomic mass is 9.68. The number of amides is 1. The minimum Gasteiger partial charge on any atom is -0.444 e. The van der Waals surface area contributed by atoms with Crippen LogP contribution < -0.4 is 0 Å². The first-order valence-electron chi connectivity index (χ1n) is 8.59. The number of hydrogen-bond acceptors (Lipinski definition) is 3. The van der Waals surface area contributed by atoms with Gasteiger partial charge >= 0.3 is 6.09 Å². The van der Waals surface area contributed by atoms with Crippen LogP contribution in [0, 0.1) is 5.41 Å². The average Bonchev–Trinajstić information content (AvgIpc) is 2.87. The molecule has 1 aromatic rings. The fourth-order valence-corrected chi connectivity index (χ4v) is 3.90. The van der Waals surface area contributed by atoms with Crippen molar-refractivity contribution in [3.63, 3.8) is 0 Å². The standard InChI is InChI=1S/C20H25NO3/c1-19(2,3)24-18(23)21-14-8-13-20(12-7-11-16(20)22)17(21)15-9-5-4-6-10-15/h4-7,9-11,17H,8,12-14H2,1-3H3. The molecule has 2 aliphatic rings. The third-order valence-corrected chi connectivity index (χ3v) is 4.84. The molecule has 24 heavy (non-hydrogen) atoms. The van der Waals surface area contributed by atoms with E-state index in [1.54, 1.807) is 11.0 Å². The summed E-state index contributed by atoms with van der Waals surface area (Å²) in [5.74, 6) is 0.129. The van der Waals surface area contributed by atoms with E-state index in [0.29, 0.717) is 13.0 Å². The molecule has 1 saturated heterocycles. The lowest BCUT2D eigenvalue weighted by Crippen LogP contribution is -2.51. The number of hydrogen-bond donors (Lipinski definition) is 0. The van der Waals surface area contributed by atoms with E-state index >= 15 is 0 Å². The Kier molecular flexibility index (Phi) is 4.24. The van der Waals surface area contributed by atoms with Gasteiger partial charge in [0, 0.05) is 6.54 Å². The van der Waals surface area contributed by atoms with Gasteiger partial charge in [0.2, 0.25) is 0 Å². The van der Waals surface area contributed by atoms with Crippen molar-refractivity contribution in [1.29, 1.82) is 0 Å². The van der Waals surface area contributed by atoms with Crippen LogP contribution in [0.3, 0.4) is 0 Å². The highest BCUT2D eigenvalue weighted by Crippen LogP contribution is 2.51. The van der Waals surface area contributed by atoms with Gasteiger partial charge in [-0.05, 0) is 51.7 Å². The molecule has 1 aliphatic carbocycles. The first kappa shape index (κ1) is 16.7. The summed E-state index contributed by atoms with van der Waals surface area (Å²) in [6.07, 6.45) is 5.58. The first-order chi connectivity index (χ1) is 11.3. The lowest BCUT2D eigenvalue weighted by Gasteiger charge is -2.47. The maximum atomic E-state index is 12.8. The van der Waals surface area contributed by atoms with Gasteiger partial charge in [-0.2, -0.15) is 0 Å². The van der Waals surface area contributed by atoms with Gasteiger partial charge in [0.1, 0.15) is 5.60 Å². The summed E-state index contributed by atoms with van der Waals surface area (Å²) >= 11 is 0. The Morgan fingerprint density at radius 2 is 1.96 bits per heavy atom. The summed E-state index contributed by atoms with van der Waals surface area (Å²) in [7, 11) is 0. The van der Waals surface area contributed by atoms with Crippen molar-refractivity contribution < 1.29 is 14.3 Å². The zero-order valence-electron chi connectivity index (χ0n) is 14.6. The van der Waals surface area contributed by atoms with E-state index < -0.39 is 11.0 Å². The van der Waals surface area contributed by atoms with Crippen LogP contribution in [-0.4, -0.2) is 28.9 Å². The zero-order valence-corrected chi connectivity index (χ0v) is 14.6. The summed E-state index contributed by atoms with van der Waals surface area (Å²) in [4.78, 5) is 27.3. The lowest BCUT2D eigenvalue weighted by molar-refractivity contribution is -0.129. The number of carbonyl (C=O) groups excluding carboxylic acids is 2. The van der Waals surface area contributed by atoms with E-state index in [2.05, 4.69) is 0 Å². The third kappa shape index (κ3) is 2.97. The second-order valence-electron chi connectivity index (χ2n) is 7.72. The van der Waals surface area contributed by atoms with E-state index in [9.17, 15) is 9.59 Å². The van der Waals surface area contributed by atoms with Gasteiger partial charge in [0.15, 0.2) is 5.78 Å². The monoisotopic (exact) mass is 327 g/mol. The number of nitrogens with zero attached hydrogens (tertiary/aromatic N) is 1. The van der Waals surface area contributed by atoms with E-state index in [1.807, 2.05) is 57.2 Å². The Hall–Kier alpha value is -2.10. The highest BCUT2D eigenvalue weighted by Gasteiger charge is 2.52. The van der Waals surface area contributed by atoms with Gasteiger partial charge in [0.25, 0.3) is 0 Å². The van der Waals surface area contributed by atoms with Crippen LogP contribution >= 0.6 is 0 Å². The predicted molar refractivity (Wildman–Crippen MR) is 92.6 cm³/mol. The minimum atomic E-state index is -0.555. The van der Waals surface area contributed by atoms with E-state index in [-0.39, 0.29) is 17.9 Å². The molecule has 2 unspecified atom stereocenters. The Labute approximate surface area is 143 Å². The molecule has 0 radical (unpaired) electrons. The van der Waals surface area contributed by atoms with Crippen molar-refractivity contribution >= 4 is 11.9 Å². The van der Waals surface area contributed by atoms with Gasteiger partial charge in [-0.25, -0.2) is 4.79 Å². The van der Waals surface area contributed by atoms with Crippen LogP contribution in [0.1, 0.15) is 51.6 Å². The molecular formula is C20H25NO3. The summed E-state index contributed by atoms with van der Waals surface area (Å²) in [6.45, 7) is 6.21. The van der Waals surface area contributed by atoms with Crippen LogP contribution in [0.15, 0.2) is 42.5 Å². The molecule has 4 heteroatoms. The number of carbonyl (C=O) groups is 2. The minimum absolute atomic E-state index is 0.129. The smallest absolute Gasteiger partial charge is 0.410 e. The van der Waals surface area contributed by atoms with Gasteiger partial charge in [-0.1, -0.05) is 36.4 Å². The molecule has 3 rings (SSSR count). The summed E-state index contributed by atoms with van der Waals surface area (Å²) in [6, 6.07) is 9.59. The SMILES string of the molecule is CC(C)(C)OC(=O)N1CCCC2(CC=CC2=O)C1c1ccccc1. The molecule has 1 aliphatic heterocycles.